The van der Waals surface area contributed by atoms with E-state index in [1.165, 1.54) is 0 Å². The topological polar surface area (TPSA) is 65.7 Å². The van der Waals surface area contributed by atoms with E-state index in [4.69, 9.17) is 14.7 Å². The highest BCUT2D eigenvalue weighted by molar-refractivity contribution is 4.93. The molecule has 0 aromatic heterocycles. The highest BCUT2D eigenvalue weighted by Crippen LogP contribution is 2.16. The Morgan fingerprint density at radius 1 is 1.43 bits per heavy atom. The summed E-state index contributed by atoms with van der Waals surface area (Å²) < 4.78 is 10.4. The van der Waals surface area contributed by atoms with E-state index in [0.717, 1.165) is 6.54 Å². The Labute approximate surface area is 82.8 Å². The second-order valence-corrected chi connectivity index (χ2v) is 3.66. The van der Waals surface area contributed by atoms with E-state index in [2.05, 4.69) is 11.0 Å². The van der Waals surface area contributed by atoms with Crippen molar-refractivity contribution in [1.82, 2.24) is 4.90 Å². The van der Waals surface area contributed by atoms with E-state index in [9.17, 15) is 5.11 Å². The first-order valence-corrected chi connectivity index (χ1v) is 4.82. The van der Waals surface area contributed by atoms with Crippen LogP contribution in [0.1, 0.15) is 0 Å². The molecule has 2 aliphatic rings. The van der Waals surface area contributed by atoms with E-state index in [1.807, 2.05) is 0 Å². The molecular formula is C9H14N2O3. The van der Waals surface area contributed by atoms with Gasteiger partial charge in [0.05, 0.1) is 38.0 Å². The van der Waals surface area contributed by atoms with Crippen LogP contribution in [0.15, 0.2) is 0 Å². The third kappa shape index (κ3) is 1.88. The van der Waals surface area contributed by atoms with Gasteiger partial charge in [0.2, 0.25) is 0 Å². The summed E-state index contributed by atoms with van der Waals surface area (Å²) >= 11 is 0. The number of rotatable bonds is 1. The minimum absolute atomic E-state index is 0.0368. The molecule has 2 heterocycles. The third-order valence-corrected chi connectivity index (χ3v) is 2.73. The molecule has 0 radical (unpaired) electrons. The molecule has 0 amide bonds. The van der Waals surface area contributed by atoms with Crippen LogP contribution in [-0.4, -0.2) is 61.2 Å². The fraction of sp³-hybridized carbons (Fsp3) is 0.889. The summed E-state index contributed by atoms with van der Waals surface area (Å²) in [5.74, 6) is 0. The zero-order chi connectivity index (χ0) is 9.97. The van der Waals surface area contributed by atoms with Crippen molar-refractivity contribution in [2.75, 3.05) is 32.9 Å². The largest absolute Gasteiger partial charge is 0.389 e. The predicted octanol–water partition coefficient (Wildman–Crippen LogP) is -1.03. The number of hydrogen-bond acceptors (Lipinski definition) is 5. The molecule has 14 heavy (non-hydrogen) atoms. The number of nitrogens with zero attached hydrogens (tertiary/aromatic N) is 2. The average Bonchev–Trinajstić information content (AvgIpc) is 2.65. The Morgan fingerprint density at radius 2 is 2.29 bits per heavy atom. The number of hydrogen-bond donors (Lipinski definition) is 1. The summed E-state index contributed by atoms with van der Waals surface area (Å²) in [5, 5.41) is 18.3. The van der Waals surface area contributed by atoms with E-state index < -0.39 is 6.10 Å². The average molecular weight is 198 g/mol. The fourth-order valence-electron chi connectivity index (χ4n) is 1.93. The standard InChI is InChI=1S/C9H14N2O3/c10-3-7-4-11(1-2-14-7)8-5-13-6-9(8)12/h7-9,12H,1-2,4-6H2. The lowest BCUT2D eigenvalue weighted by atomic mass is 10.1. The van der Waals surface area contributed by atoms with Crippen LogP contribution in [-0.2, 0) is 9.47 Å². The van der Waals surface area contributed by atoms with Gasteiger partial charge in [0.25, 0.3) is 0 Å². The lowest BCUT2D eigenvalue weighted by molar-refractivity contribution is -0.0337. The molecule has 3 atom stereocenters. The Kier molecular flexibility index (Phi) is 2.99. The fourth-order valence-corrected chi connectivity index (χ4v) is 1.93. The van der Waals surface area contributed by atoms with Crippen molar-refractivity contribution < 1.29 is 14.6 Å². The van der Waals surface area contributed by atoms with Gasteiger partial charge in [-0.05, 0) is 0 Å². The molecule has 0 aliphatic carbocycles. The van der Waals surface area contributed by atoms with Gasteiger partial charge in [-0.3, -0.25) is 4.90 Å². The molecule has 0 saturated carbocycles. The van der Waals surface area contributed by atoms with Gasteiger partial charge < -0.3 is 14.6 Å². The monoisotopic (exact) mass is 198 g/mol. The van der Waals surface area contributed by atoms with Crippen LogP contribution in [0.25, 0.3) is 0 Å². The molecule has 5 heteroatoms. The first-order valence-electron chi connectivity index (χ1n) is 4.82. The zero-order valence-electron chi connectivity index (χ0n) is 7.93. The summed E-state index contributed by atoms with van der Waals surface area (Å²) in [5.41, 5.74) is 0. The normalized spacial score (nSPS) is 39.6. The summed E-state index contributed by atoms with van der Waals surface area (Å²) in [4.78, 5) is 2.08. The van der Waals surface area contributed by atoms with Gasteiger partial charge in [0.1, 0.15) is 0 Å². The Bertz CT molecular complexity index is 241. The van der Waals surface area contributed by atoms with Gasteiger partial charge in [-0.2, -0.15) is 5.26 Å². The minimum Gasteiger partial charge on any atom is -0.389 e. The molecule has 2 rings (SSSR count). The second kappa shape index (κ2) is 4.24. The second-order valence-electron chi connectivity index (χ2n) is 3.66. The van der Waals surface area contributed by atoms with Crippen LogP contribution in [0.5, 0.6) is 0 Å². The lowest BCUT2D eigenvalue weighted by Gasteiger charge is -2.34. The van der Waals surface area contributed by atoms with Gasteiger partial charge in [-0.25, -0.2) is 0 Å². The van der Waals surface area contributed by atoms with Crippen LogP contribution in [0.3, 0.4) is 0 Å². The number of aliphatic hydroxyl groups is 1. The SMILES string of the molecule is N#CC1CN(C2COCC2O)CCO1. The summed E-state index contributed by atoms with van der Waals surface area (Å²) in [7, 11) is 0. The highest BCUT2D eigenvalue weighted by atomic mass is 16.5. The van der Waals surface area contributed by atoms with Crippen LogP contribution < -0.4 is 0 Å². The Morgan fingerprint density at radius 3 is 2.93 bits per heavy atom. The maximum atomic E-state index is 9.61. The van der Waals surface area contributed by atoms with Crippen LogP contribution in [0.4, 0.5) is 0 Å². The molecule has 2 fully saturated rings. The molecule has 0 bridgehead atoms. The number of morpholine rings is 1. The maximum absolute atomic E-state index is 9.61. The molecule has 0 aromatic carbocycles. The van der Waals surface area contributed by atoms with Gasteiger partial charge in [-0.15, -0.1) is 0 Å². The molecule has 0 aromatic rings. The smallest absolute Gasteiger partial charge is 0.156 e. The third-order valence-electron chi connectivity index (χ3n) is 2.73. The molecule has 5 nitrogen and oxygen atoms in total. The van der Waals surface area contributed by atoms with E-state index in [1.54, 1.807) is 0 Å². The zero-order valence-corrected chi connectivity index (χ0v) is 7.93. The van der Waals surface area contributed by atoms with Crippen molar-refractivity contribution in [3.8, 4) is 6.07 Å². The molecule has 0 spiro atoms. The van der Waals surface area contributed by atoms with E-state index in [-0.39, 0.29) is 12.1 Å². The Balaban J connectivity index is 1.94. The van der Waals surface area contributed by atoms with Crippen LogP contribution in [0.2, 0.25) is 0 Å². The van der Waals surface area contributed by atoms with Crippen LogP contribution in [0, 0.1) is 11.3 Å². The number of nitriles is 1. The van der Waals surface area contributed by atoms with Gasteiger partial charge in [-0.1, -0.05) is 0 Å². The van der Waals surface area contributed by atoms with Crippen molar-refractivity contribution in [3.05, 3.63) is 0 Å². The molecule has 2 saturated heterocycles. The van der Waals surface area contributed by atoms with Crippen LogP contribution >= 0.6 is 0 Å². The predicted molar refractivity (Wildman–Crippen MR) is 47.5 cm³/mol. The first kappa shape index (κ1) is 9.87. The maximum Gasteiger partial charge on any atom is 0.156 e. The molecule has 2 aliphatic heterocycles. The van der Waals surface area contributed by atoms with Crippen molar-refractivity contribution in [3.63, 3.8) is 0 Å². The van der Waals surface area contributed by atoms with E-state index in [0.29, 0.717) is 26.4 Å². The van der Waals surface area contributed by atoms with E-state index >= 15 is 0 Å². The molecular weight excluding hydrogens is 184 g/mol. The molecule has 78 valence electrons. The van der Waals surface area contributed by atoms with Crippen molar-refractivity contribution in [2.24, 2.45) is 0 Å². The van der Waals surface area contributed by atoms with Crippen molar-refractivity contribution in [1.29, 1.82) is 5.26 Å². The Hall–Kier alpha value is -0.670. The highest BCUT2D eigenvalue weighted by Gasteiger charge is 2.34. The number of ether oxygens (including phenoxy) is 2. The summed E-state index contributed by atoms with van der Waals surface area (Å²) in [6.45, 7) is 2.85. The van der Waals surface area contributed by atoms with Gasteiger partial charge in [0, 0.05) is 13.1 Å². The van der Waals surface area contributed by atoms with Crippen molar-refractivity contribution in [2.45, 2.75) is 18.2 Å². The summed E-state index contributed by atoms with van der Waals surface area (Å²) in [6, 6.07) is 2.12. The van der Waals surface area contributed by atoms with Gasteiger partial charge >= 0.3 is 0 Å². The summed E-state index contributed by atoms with van der Waals surface area (Å²) in [6.07, 6.45) is -0.788. The quantitative estimate of drug-likeness (QED) is 0.583. The molecule has 1 N–H and O–H groups in total. The van der Waals surface area contributed by atoms with Gasteiger partial charge in [0.15, 0.2) is 6.10 Å². The minimum atomic E-state index is -0.424. The van der Waals surface area contributed by atoms with Crippen molar-refractivity contribution >= 4 is 0 Å². The lowest BCUT2D eigenvalue weighted by Crippen LogP contribution is -2.51. The number of aliphatic hydroxyl groups excluding tert-OH is 1. The first-order chi connectivity index (χ1) is 6.81. The molecule has 3 unspecified atom stereocenters.